The van der Waals surface area contributed by atoms with Crippen LogP contribution in [0.4, 0.5) is 4.39 Å². The normalized spacial score (nSPS) is 20.2. The molecule has 6 heteroatoms. The lowest BCUT2D eigenvalue weighted by atomic mass is 9.99. The summed E-state index contributed by atoms with van der Waals surface area (Å²) >= 11 is 0. The first-order chi connectivity index (χ1) is 11.1. The van der Waals surface area contributed by atoms with Crippen LogP contribution in [-0.2, 0) is 6.54 Å². The Morgan fingerprint density at radius 3 is 2.67 bits per heavy atom. The maximum Gasteiger partial charge on any atom is 0.191 e. The molecule has 0 radical (unpaired) electrons. The van der Waals surface area contributed by atoms with Gasteiger partial charge in [0.2, 0.25) is 0 Å². The monoisotopic (exact) mass is 448 g/mol. The molecular weight excluding hydrogens is 418 g/mol. The lowest BCUT2D eigenvalue weighted by molar-refractivity contribution is 0.139. The number of piperidine rings is 1. The molecule has 4 nitrogen and oxygen atoms in total. The fraction of sp³-hybridized carbons (Fsp3) is 0.611. The van der Waals surface area contributed by atoms with Crippen LogP contribution in [0.25, 0.3) is 0 Å². The Morgan fingerprint density at radius 2 is 2.04 bits per heavy atom. The molecule has 2 N–H and O–H groups in total. The molecule has 2 rings (SSSR count). The molecule has 136 valence electrons. The van der Waals surface area contributed by atoms with Gasteiger partial charge in [-0.15, -0.1) is 24.0 Å². The van der Waals surface area contributed by atoms with Gasteiger partial charge in [-0.1, -0.05) is 19.1 Å². The van der Waals surface area contributed by atoms with Crippen molar-refractivity contribution in [3.8, 4) is 0 Å². The summed E-state index contributed by atoms with van der Waals surface area (Å²) < 4.78 is 12.9. The van der Waals surface area contributed by atoms with Crippen LogP contribution in [0.5, 0.6) is 0 Å². The number of hydrogen-bond acceptors (Lipinski definition) is 2. The first-order valence-electron chi connectivity index (χ1n) is 8.51. The third kappa shape index (κ3) is 6.93. The van der Waals surface area contributed by atoms with Crippen molar-refractivity contribution < 1.29 is 4.39 Å². The molecule has 24 heavy (non-hydrogen) atoms. The van der Waals surface area contributed by atoms with Crippen LogP contribution in [0, 0.1) is 11.7 Å². The van der Waals surface area contributed by atoms with E-state index in [4.69, 9.17) is 0 Å². The number of benzene rings is 1. The summed E-state index contributed by atoms with van der Waals surface area (Å²) in [5.41, 5.74) is 1.03. The Morgan fingerprint density at radius 1 is 1.33 bits per heavy atom. The van der Waals surface area contributed by atoms with Crippen molar-refractivity contribution in [2.45, 2.75) is 39.3 Å². The molecule has 1 aromatic carbocycles. The highest BCUT2D eigenvalue weighted by Crippen LogP contribution is 2.17. The minimum atomic E-state index is -0.208. The summed E-state index contributed by atoms with van der Waals surface area (Å²) in [4.78, 5) is 6.80. The highest BCUT2D eigenvalue weighted by molar-refractivity contribution is 14.0. The van der Waals surface area contributed by atoms with E-state index < -0.39 is 0 Å². The Kier molecular flexibility index (Phi) is 9.58. The van der Waals surface area contributed by atoms with Gasteiger partial charge in [0.1, 0.15) is 5.82 Å². The van der Waals surface area contributed by atoms with Gasteiger partial charge in [-0.25, -0.2) is 4.39 Å². The van der Waals surface area contributed by atoms with Gasteiger partial charge in [0.05, 0.1) is 0 Å². The van der Waals surface area contributed by atoms with E-state index in [1.54, 1.807) is 19.2 Å². The lowest BCUT2D eigenvalue weighted by Gasteiger charge is -2.35. The van der Waals surface area contributed by atoms with E-state index in [0.717, 1.165) is 24.0 Å². The van der Waals surface area contributed by atoms with Crippen LogP contribution in [0.1, 0.15) is 32.3 Å². The Bertz CT molecular complexity index is 506. The minimum absolute atomic E-state index is 0. The molecule has 0 saturated carbocycles. The SMILES string of the molecule is CN=C(NCc1ccc(F)cc1)NCC(C)N1CCCC(C)C1.I. The van der Waals surface area contributed by atoms with E-state index in [1.807, 2.05) is 0 Å². The summed E-state index contributed by atoms with van der Waals surface area (Å²) in [7, 11) is 1.77. The van der Waals surface area contributed by atoms with Gasteiger partial charge in [0.25, 0.3) is 0 Å². The molecule has 1 fully saturated rings. The number of likely N-dealkylation sites (tertiary alicyclic amines) is 1. The first-order valence-corrected chi connectivity index (χ1v) is 8.51. The molecule has 2 atom stereocenters. The third-order valence-electron chi connectivity index (χ3n) is 4.47. The van der Waals surface area contributed by atoms with Gasteiger partial charge in [-0.3, -0.25) is 9.89 Å². The highest BCUT2D eigenvalue weighted by Gasteiger charge is 2.20. The molecule has 0 aromatic heterocycles. The van der Waals surface area contributed by atoms with Crippen LogP contribution in [0.15, 0.2) is 29.3 Å². The van der Waals surface area contributed by atoms with Gasteiger partial charge >= 0.3 is 0 Å². The third-order valence-corrected chi connectivity index (χ3v) is 4.47. The zero-order valence-electron chi connectivity index (χ0n) is 14.9. The largest absolute Gasteiger partial charge is 0.355 e. The second-order valence-electron chi connectivity index (χ2n) is 6.52. The fourth-order valence-electron chi connectivity index (χ4n) is 3.01. The maximum atomic E-state index is 12.9. The molecule has 0 aliphatic carbocycles. The van der Waals surface area contributed by atoms with Crippen molar-refractivity contribution in [1.82, 2.24) is 15.5 Å². The van der Waals surface area contributed by atoms with Crippen molar-refractivity contribution in [3.05, 3.63) is 35.6 Å². The average molecular weight is 448 g/mol. The second-order valence-corrected chi connectivity index (χ2v) is 6.52. The smallest absolute Gasteiger partial charge is 0.191 e. The molecule has 2 unspecified atom stereocenters. The number of hydrogen-bond donors (Lipinski definition) is 2. The summed E-state index contributed by atoms with van der Waals surface area (Å²) in [5, 5.41) is 6.66. The summed E-state index contributed by atoms with van der Waals surface area (Å²) in [6.07, 6.45) is 2.64. The van der Waals surface area contributed by atoms with Crippen molar-refractivity contribution in [3.63, 3.8) is 0 Å². The molecule has 1 aromatic rings. The average Bonchev–Trinajstić information content (AvgIpc) is 2.56. The molecule has 1 heterocycles. The van der Waals surface area contributed by atoms with Crippen molar-refractivity contribution in [2.75, 3.05) is 26.7 Å². The van der Waals surface area contributed by atoms with Gasteiger partial charge in [-0.05, 0) is 49.9 Å². The quantitative estimate of drug-likeness (QED) is 0.413. The number of rotatable bonds is 5. The lowest BCUT2D eigenvalue weighted by Crippen LogP contribution is -2.48. The van der Waals surface area contributed by atoms with Gasteiger partial charge < -0.3 is 10.6 Å². The molecule has 0 spiro atoms. The predicted octanol–water partition coefficient (Wildman–Crippen LogP) is 3.23. The van der Waals surface area contributed by atoms with Crippen LogP contribution in [0.2, 0.25) is 0 Å². The van der Waals surface area contributed by atoms with E-state index in [9.17, 15) is 4.39 Å². The van der Waals surface area contributed by atoms with Crippen LogP contribution >= 0.6 is 24.0 Å². The summed E-state index contributed by atoms with van der Waals surface area (Å²) in [6.45, 7) is 8.47. The maximum absolute atomic E-state index is 12.9. The van der Waals surface area contributed by atoms with Crippen molar-refractivity contribution in [1.29, 1.82) is 0 Å². The highest BCUT2D eigenvalue weighted by atomic mass is 127. The van der Waals surface area contributed by atoms with Crippen molar-refractivity contribution in [2.24, 2.45) is 10.9 Å². The zero-order valence-corrected chi connectivity index (χ0v) is 17.2. The van der Waals surface area contributed by atoms with Crippen LogP contribution in [-0.4, -0.2) is 43.6 Å². The molecule has 1 saturated heterocycles. The van der Waals surface area contributed by atoms with Crippen LogP contribution < -0.4 is 10.6 Å². The summed E-state index contributed by atoms with van der Waals surface area (Å²) in [5.74, 6) is 1.37. The van der Waals surface area contributed by atoms with E-state index in [0.29, 0.717) is 12.6 Å². The Labute approximate surface area is 162 Å². The number of halogens is 2. The molecule has 0 amide bonds. The Balaban J connectivity index is 0.00000288. The van der Waals surface area contributed by atoms with E-state index in [1.165, 1.54) is 38.1 Å². The van der Waals surface area contributed by atoms with E-state index in [2.05, 4.69) is 34.4 Å². The zero-order chi connectivity index (χ0) is 16.7. The molecule has 0 bridgehead atoms. The molecular formula is C18H30FIN4. The molecule has 1 aliphatic rings. The fourth-order valence-corrected chi connectivity index (χ4v) is 3.01. The van der Waals surface area contributed by atoms with E-state index in [-0.39, 0.29) is 29.8 Å². The predicted molar refractivity (Wildman–Crippen MR) is 109 cm³/mol. The van der Waals surface area contributed by atoms with Crippen LogP contribution in [0.3, 0.4) is 0 Å². The van der Waals surface area contributed by atoms with Gasteiger partial charge in [-0.2, -0.15) is 0 Å². The number of nitrogens with zero attached hydrogens (tertiary/aromatic N) is 2. The topological polar surface area (TPSA) is 39.7 Å². The van der Waals surface area contributed by atoms with Gasteiger partial charge in [0, 0.05) is 32.7 Å². The van der Waals surface area contributed by atoms with Crippen molar-refractivity contribution >= 4 is 29.9 Å². The standard InChI is InChI=1S/C18H29FN4.HI/c1-14-5-4-10-23(13-14)15(2)11-21-18(20-3)22-12-16-6-8-17(19)9-7-16;/h6-9,14-15H,4-5,10-13H2,1-3H3,(H2,20,21,22);1H. The number of nitrogens with one attached hydrogen (secondary N) is 2. The Hall–Kier alpha value is -0.890. The second kappa shape index (κ2) is 10.9. The molecule has 1 aliphatic heterocycles. The van der Waals surface area contributed by atoms with Gasteiger partial charge in [0.15, 0.2) is 5.96 Å². The number of aliphatic imine (C=N–C) groups is 1. The first kappa shape index (κ1) is 21.2. The minimum Gasteiger partial charge on any atom is -0.355 e. The van der Waals surface area contributed by atoms with E-state index >= 15 is 0 Å². The summed E-state index contributed by atoms with van der Waals surface area (Å²) in [6, 6.07) is 7.02. The number of guanidine groups is 1.